The SMILES string of the molecule is CCCC[C@@]1(CC)CN(c2ccccc2)c2cc(N(C)C)c(O/C=C/C(=O)O)cc2S(=O)(=O)N1. The van der Waals surface area contributed by atoms with E-state index in [2.05, 4.69) is 16.5 Å². The van der Waals surface area contributed by atoms with Gasteiger partial charge in [-0.25, -0.2) is 17.9 Å². The number of ether oxygens (including phenoxy) is 1. The van der Waals surface area contributed by atoms with Crippen LogP contribution in [-0.4, -0.2) is 45.7 Å². The fraction of sp³-hybridized carbons (Fsp3) is 0.400. The highest BCUT2D eigenvalue weighted by Gasteiger charge is 2.41. The number of aliphatic carboxylic acids is 1. The van der Waals surface area contributed by atoms with Crippen LogP contribution in [0.1, 0.15) is 39.5 Å². The normalized spacial score (nSPS) is 19.5. The van der Waals surface area contributed by atoms with Crippen molar-refractivity contribution in [2.24, 2.45) is 0 Å². The van der Waals surface area contributed by atoms with Gasteiger partial charge in [-0.1, -0.05) is 44.9 Å². The van der Waals surface area contributed by atoms with Crippen molar-refractivity contribution in [2.75, 3.05) is 30.4 Å². The van der Waals surface area contributed by atoms with E-state index in [-0.39, 0.29) is 10.6 Å². The quantitative estimate of drug-likeness (QED) is 0.397. The van der Waals surface area contributed by atoms with Crippen molar-refractivity contribution in [1.29, 1.82) is 0 Å². The number of hydrogen-bond donors (Lipinski definition) is 2. The lowest BCUT2D eigenvalue weighted by molar-refractivity contribution is -0.131. The van der Waals surface area contributed by atoms with Crippen molar-refractivity contribution in [3.63, 3.8) is 0 Å². The van der Waals surface area contributed by atoms with Crippen LogP contribution in [0.25, 0.3) is 0 Å². The monoisotopic (exact) mass is 487 g/mol. The zero-order valence-electron chi connectivity index (χ0n) is 20.1. The van der Waals surface area contributed by atoms with Gasteiger partial charge in [-0.15, -0.1) is 0 Å². The summed E-state index contributed by atoms with van der Waals surface area (Å²) < 4.78 is 36.0. The number of carbonyl (C=O) groups is 1. The smallest absolute Gasteiger partial charge is 0.331 e. The molecule has 9 heteroatoms. The highest BCUT2D eigenvalue weighted by Crippen LogP contribution is 2.44. The summed E-state index contributed by atoms with van der Waals surface area (Å²) in [6.07, 6.45) is 5.10. The van der Waals surface area contributed by atoms with Gasteiger partial charge in [0, 0.05) is 32.4 Å². The number of nitrogens with one attached hydrogen (secondary N) is 1. The fourth-order valence-electron chi connectivity index (χ4n) is 4.18. The standard InChI is InChI=1S/C25H33N3O5S/c1-5-7-14-25(6-2)18-28(19-11-9-8-10-12-19)21-16-20(27(3)4)22(33-15-13-24(29)30)17-23(21)34(31,32)26-25/h8-13,15-17,26H,5-7,14,18H2,1-4H3,(H,29,30)/b15-13+/t25-/m0/s1. The molecule has 0 aliphatic carbocycles. The summed E-state index contributed by atoms with van der Waals surface area (Å²) in [7, 11) is -0.261. The largest absolute Gasteiger partial charge is 0.478 e. The average Bonchev–Trinajstić information content (AvgIpc) is 2.90. The van der Waals surface area contributed by atoms with Crippen molar-refractivity contribution in [3.8, 4) is 5.75 Å². The van der Waals surface area contributed by atoms with E-state index in [0.29, 0.717) is 30.8 Å². The van der Waals surface area contributed by atoms with Crippen LogP contribution >= 0.6 is 0 Å². The zero-order valence-corrected chi connectivity index (χ0v) is 20.9. The summed E-state index contributed by atoms with van der Waals surface area (Å²) in [6.45, 7) is 4.58. The Balaban J connectivity index is 2.26. The zero-order chi connectivity index (χ0) is 24.9. The van der Waals surface area contributed by atoms with Crippen LogP contribution in [0.5, 0.6) is 5.75 Å². The van der Waals surface area contributed by atoms with Crippen molar-refractivity contribution in [2.45, 2.75) is 50.0 Å². The highest BCUT2D eigenvalue weighted by molar-refractivity contribution is 7.89. The Morgan fingerprint density at radius 3 is 2.53 bits per heavy atom. The van der Waals surface area contributed by atoms with E-state index in [1.807, 2.05) is 56.3 Å². The van der Waals surface area contributed by atoms with Gasteiger partial charge in [0.25, 0.3) is 0 Å². The highest BCUT2D eigenvalue weighted by atomic mass is 32.2. The molecule has 0 unspecified atom stereocenters. The van der Waals surface area contributed by atoms with Gasteiger partial charge in [-0.05, 0) is 31.0 Å². The third kappa shape index (κ3) is 5.53. The fourth-order valence-corrected chi connectivity index (χ4v) is 5.88. The number of hydrogen-bond acceptors (Lipinski definition) is 6. The molecule has 184 valence electrons. The maximum Gasteiger partial charge on any atom is 0.331 e. The maximum atomic E-state index is 13.7. The summed E-state index contributed by atoms with van der Waals surface area (Å²) in [5.41, 5.74) is 1.42. The summed E-state index contributed by atoms with van der Waals surface area (Å²) in [6, 6.07) is 13.0. The molecule has 1 atom stereocenters. The molecule has 2 aromatic carbocycles. The lowest BCUT2D eigenvalue weighted by atomic mass is 9.89. The molecule has 2 N–H and O–H groups in total. The first-order valence-electron chi connectivity index (χ1n) is 11.4. The van der Waals surface area contributed by atoms with Gasteiger partial charge >= 0.3 is 5.97 Å². The van der Waals surface area contributed by atoms with Crippen molar-refractivity contribution in [1.82, 2.24) is 4.72 Å². The van der Waals surface area contributed by atoms with E-state index in [4.69, 9.17) is 9.84 Å². The number of para-hydroxylation sites is 1. The molecule has 0 saturated carbocycles. The maximum absolute atomic E-state index is 13.7. The molecule has 1 heterocycles. The van der Waals surface area contributed by atoms with Gasteiger partial charge in [0.2, 0.25) is 10.0 Å². The van der Waals surface area contributed by atoms with Crippen LogP contribution in [0, 0.1) is 0 Å². The molecule has 2 aromatic rings. The summed E-state index contributed by atoms with van der Waals surface area (Å²) in [5.74, 6) is -0.911. The molecule has 3 rings (SSSR count). The number of nitrogens with zero attached hydrogens (tertiary/aromatic N) is 2. The number of rotatable bonds is 9. The molecule has 8 nitrogen and oxygen atoms in total. The number of unbranched alkanes of at least 4 members (excludes halogenated alkanes) is 1. The van der Waals surface area contributed by atoms with E-state index in [0.717, 1.165) is 30.9 Å². The minimum atomic E-state index is -3.91. The summed E-state index contributed by atoms with van der Waals surface area (Å²) >= 11 is 0. The van der Waals surface area contributed by atoms with Crippen LogP contribution in [0.4, 0.5) is 17.1 Å². The Kier molecular flexibility index (Phi) is 7.89. The summed E-state index contributed by atoms with van der Waals surface area (Å²) in [5, 5.41) is 8.91. The first-order chi connectivity index (χ1) is 16.1. The van der Waals surface area contributed by atoms with Crippen molar-refractivity contribution >= 4 is 33.1 Å². The van der Waals surface area contributed by atoms with Crippen molar-refractivity contribution in [3.05, 3.63) is 54.8 Å². The van der Waals surface area contributed by atoms with Gasteiger partial charge in [0.15, 0.2) is 5.75 Å². The van der Waals surface area contributed by atoms with E-state index in [1.165, 1.54) is 6.07 Å². The molecule has 0 bridgehead atoms. The van der Waals surface area contributed by atoms with E-state index in [9.17, 15) is 13.2 Å². The van der Waals surface area contributed by atoms with Gasteiger partial charge in [-0.2, -0.15) is 0 Å². The Morgan fingerprint density at radius 2 is 1.94 bits per heavy atom. The number of sulfonamides is 1. The number of anilines is 3. The van der Waals surface area contributed by atoms with Gasteiger partial charge in [-0.3, -0.25) is 0 Å². The minimum Gasteiger partial charge on any atom is -0.478 e. The second-order valence-electron chi connectivity index (χ2n) is 8.71. The van der Waals surface area contributed by atoms with Crippen LogP contribution in [-0.2, 0) is 14.8 Å². The molecular weight excluding hydrogens is 454 g/mol. The molecule has 0 radical (unpaired) electrons. The van der Waals surface area contributed by atoms with Gasteiger partial charge in [0.05, 0.1) is 29.3 Å². The summed E-state index contributed by atoms with van der Waals surface area (Å²) in [4.78, 5) is 14.8. The Bertz CT molecular complexity index is 1150. The lowest BCUT2D eigenvalue weighted by Crippen LogP contribution is -2.52. The van der Waals surface area contributed by atoms with Crippen LogP contribution in [0.3, 0.4) is 0 Å². The topological polar surface area (TPSA) is 99.2 Å². The number of benzene rings is 2. The lowest BCUT2D eigenvalue weighted by Gasteiger charge is -2.36. The molecule has 34 heavy (non-hydrogen) atoms. The predicted octanol–water partition coefficient (Wildman–Crippen LogP) is 4.50. The molecule has 0 spiro atoms. The first-order valence-corrected chi connectivity index (χ1v) is 12.9. The molecule has 1 aliphatic heterocycles. The van der Waals surface area contributed by atoms with Crippen LogP contribution < -0.4 is 19.3 Å². The second-order valence-corrected chi connectivity index (χ2v) is 10.4. The number of carboxylic acids is 1. The Morgan fingerprint density at radius 1 is 1.24 bits per heavy atom. The van der Waals surface area contributed by atoms with Gasteiger partial charge < -0.3 is 19.6 Å². The van der Waals surface area contributed by atoms with Crippen LogP contribution in [0.2, 0.25) is 0 Å². The number of carboxylic acid groups (broad SMARTS) is 1. The molecule has 1 aliphatic rings. The molecule has 0 saturated heterocycles. The molecular formula is C25H33N3O5S. The van der Waals surface area contributed by atoms with Crippen LogP contribution in [0.15, 0.2) is 59.7 Å². The third-order valence-corrected chi connectivity index (χ3v) is 7.68. The average molecular weight is 488 g/mol. The Labute approximate surface area is 201 Å². The third-order valence-electron chi connectivity index (χ3n) is 6.07. The second kappa shape index (κ2) is 10.5. The molecule has 0 fully saturated rings. The number of fused-ring (bicyclic) bond motifs is 1. The predicted molar refractivity (Wildman–Crippen MR) is 134 cm³/mol. The van der Waals surface area contributed by atoms with E-state index >= 15 is 0 Å². The minimum absolute atomic E-state index is 0.0903. The Hall–Kier alpha value is -3.04. The van der Waals surface area contributed by atoms with E-state index < -0.39 is 21.5 Å². The van der Waals surface area contributed by atoms with Gasteiger partial charge in [0.1, 0.15) is 4.90 Å². The van der Waals surface area contributed by atoms with Crippen molar-refractivity contribution < 1.29 is 23.1 Å². The molecule has 0 amide bonds. The van der Waals surface area contributed by atoms with E-state index in [1.54, 1.807) is 6.07 Å². The molecule has 0 aromatic heterocycles. The first kappa shape index (κ1) is 25.6.